The minimum atomic E-state index is -1.79. The average molecular weight is 595 g/mol. The van der Waals surface area contributed by atoms with Crippen molar-refractivity contribution < 1.29 is 69.3 Å². The number of phenols is 1. The van der Waals surface area contributed by atoms with Gasteiger partial charge in [-0.3, -0.25) is 4.79 Å². The van der Waals surface area contributed by atoms with E-state index in [1.807, 2.05) is 0 Å². The van der Waals surface area contributed by atoms with Crippen LogP contribution in [0.5, 0.6) is 17.2 Å². The molecule has 0 spiro atoms. The highest BCUT2D eigenvalue weighted by atomic mass is 16.7. The summed E-state index contributed by atoms with van der Waals surface area (Å²) in [6, 6.07) is 9.10. The van der Waals surface area contributed by atoms with Crippen LogP contribution in [0.3, 0.4) is 0 Å². The van der Waals surface area contributed by atoms with Crippen molar-refractivity contribution >= 4 is 0 Å². The molecule has 42 heavy (non-hydrogen) atoms. The van der Waals surface area contributed by atoms with Crippen LogP contribution in [0.4, 0.5) is 0 Å². The summed E-state index contributed by atoms with van der Waals surface area (Å²) < 4.78 is 28.4. The Labute approximate surface area is 236 Å². The molecule has 9 N–H and O–H groups in total. The van der Waals surface area contributed by atoms with Gasteiger partial charge in [0.1, 0.15) is 66.1 Å². The number of aromatic hydroxyl groups is 1. The molecule has 15 heteroatoms. The molecule has 3 aliphatic heterocycles. The van der Waals surface area contributed by atoms with Crippen molar-refractivity contribution in [1.82, 2.24) is 0 Å². The standard InChI is InChI=1S/C27H30O15/c28-8-17-19(32)21(34)23(36)26(41-17)39-15-6-12(31)5-14-13(15)7-16(25(38-14)10-1-3-11(30)4-2-10)40-27-24(37)22(35)20(33)18(9-29)42-27/h1-7,17-24,26-30,32-37H,8-9H2/t17-,18-,19-,20-,21+,22?,23-,24-,26-,27-/m1/s1. The third-order valence-corrected chi connectivity index (χ3v) is 7.10. The van der Waals surface area contributed by atoms with Crippen molar-refractivity contribution in [2.24, 2.45) is 0 Å². The summed E-state index contributed by atoms with van der Waals surface area (Å²) in [6.45, 7) is -1.42. The fourth-order valence-corrected chi connectivity index (χ4v) is 4.74. The van der Waals surface area contributed by atoms with Crippen molar-refractivity contribution in [3.63, 3.8) is 0 Å². The zero-order valence-corrected chi connectivity index (χ0v) is 21.7. The highest BCUT2D eigenvalue weighted by Crippen LogP contribution is 2.43. The Hall–Kier alpha value is -3.35. The van der Waals surface area contributed by atoms with Crippen molar-refractivity contribution in [3.05, 3.63) is 52.7 Å². The molecule has 3 heterocycles. The summed E-state index contributed by atoms with van der Waals surface area (Å²) in [5.41, 5.74) is -0.194. The molecule has 0 bridgehead atoms. The van der Waals surface area contributed by atoms with Gasteiger partial charge in [-0.05, 0) is 30.3 Å². The maximum Gasteiger partial charge on any atom is 0.229 e. The van der Waals surface area contributed by atoms with Gasteiger partial charge in [-0.1, -0.05) is 0 Å². The number of phenolic OH excluding ortho intramolecular Hbond substituents is 1. The molecule has 1 unspecified atom stereocenters. The quantitative estimate of drug-likeness (QED) is 0.137. The highest BCUT2D eigenvalue weighted by Gasteiger charge is 2.46. The summed E-state index contributed by atoms with van der Waals surface area (Å²) in [5.74, 6) is -0.500. The minimum absolute atomic E-state index is 0.0242. The molecule has 1 aromatic carbocycles. The molecule has 2 saturated heterocycles. The van der Waals surface area contributed by atoms with Crippen LogP contribution in [0.15, 0.2) is 51.7 Å². The van der Waals surface area contributed by atoms with E-state index in [4.69, 9.17) is 23.4 Å². The van der Waals surface area contributed by atoms with Gasteiger partial charge in [0.05, 0.1) is 18.8 Å². The van der Waals surface area contributed by atoms with Gasteiger partial charge in [-0.15, -0.1) is 0 Å². The third-order valence-electron chi connectivity index (χ3n) is 7.10. The van der Waals surface area contributed by atoms with E-state index in [-0.39, 0.29) is 34.3 Å². The SMILES string of the molecule is O=c1cc2oc(-c3ccc(O)cc3)c(O[C@@H]3O[C@H](CO)[C@@H](O)C(O)[C@H]3O)cc-2c(O[C@@H]2O[C@H](CO)[C@@H](O)[C@H](O)[C@H]2O)c1. The lowest BCUT2D eigenvalue weighted by molar-refractivity contribution is -0.277. The lowest BCUT2D eigenvalue weighted by Crippen LogP contribution is -2.60. The molecular weight excluding hydrogens is 564 g/mol. The first kappa shape index (κ1) is 30.1. The number of benzene rings is 2. The number of aliphatic hydroxyl groups excluding tert-OH is 8. The van der Waals surface area contributed by atoms with E-state index in [0.29, 0.717) is 5.56 Å². The van der Waals surface area contributed by atoms with Crippen molar-refractivity contribution in [2.45, 2.75) is 61.4 Å². The van der Waals surface area contributed by atoms with Crippen LogP contribution in [0.1, 0.15) is 0 Å². The number of ether oxygens (including phenoxy) is 4. The highest BCUT2D eigenvalue weighted by molar-refractivity contribution is 5.75. The van der Waals surface area contributed by atoms with Crippen LogP contribution in [-0.4, -0.2) is 121 Å². The van der Waals surface area contributed by atoms with Crippen LogP contribution in [-0.2, 0) is 9.47 Å². The Balaban J connectivity index is 1.59. The first-order valence-electron chi connectivity index (χ1n) is 12.9. The van der Waals surface area contributed by atoms with Gasteiger partial charge in [0, 0.05) is 17.7 Å². The lowest BCUT2D eigenvalue weighted by Gasteiger charge is -2.40. The smallest absolute Gasteiger partial charge is 0.229 e. The van der Waals surface area contributed by atoms with Crippen molar-refractivity contribution in [3.8, 4) is 39.9 Å². The average Bonchev–Trinajstić information content (AvgIpc) is 2.98. The summed E-state index contributed by atoms with van der Waals surface area (Å²) in [5, 5.41) is 90.4. The molecule has 0 aromatic heterocycles. The van der Waals surface area contributed by atoms with E-state index in [9.17, 15) is 50.8 Å². The van der Waals surface area contributed by atoms with Crippen LogP contribution in [0.25, 0.3) is 22.6 Å². The van der Waals surface area contributed by atoms with E-state index >= 15 is 0 Å². The molecule has 4 aliphatic rings. The van der Waals surface area contributed by atoms with E-state index in [1.165, 1.54) is 30.3 Å². The molecule has 1 aromatic rings. The van der Waals surface area contributed by atoms with E-state index in [0.717, 1.165) is 12.1 Å². The number of rotatable bonds is 7. The van der Waals surface area contributed by atoms with Gasteiger partial charge in [0.15, 0.2) is 16.9 Å². The van der Waals surface area contributed by atoms with Gasteiger partial charge in [0.2, 0.25) is 12.6 Å². The van der Waals surface area contributed by atoms with Gasteiger partial charge in [0.25, 0.3) is 0 Å². The minimum Gasteiger partial charge on any atom is -0.508 e. The summed E-state index contributed by atoms with van der Waals surface area (Å²) in [7, 11) is 0. The van der Waals surface area contributed by atoms with Gasteiger partial charge in [-0.2, -0.15) is 0 Å². The molecule has 0 saturated carbocycles. The maximum absolute atomic E-state index is 12.6. The largest absolute Gasteiger partial charge is 0.508 e. The summed E-state index contributed by atoms with van der Waals surface area (Å²) in [6.07, 6.45) is -16.2. The Morgan fingerprint density at radius 1 is 0.667 bits per heavy atom. The van der Waals surface area contributed by atoms with Gasteiger partial charge < -0.3 is 69.3 Å². The van der Waals surface area contributed by atoms with Crippen LogP contribution in [0, 0.1) is 0 Å². The molecule has 228 valence electrons. The number of hydrogen-bond donors (Lipinski definition) is 9. The van der Waals surface area contributed by atoms with Crippen LogP contribution >= 0.6 is 0 Å². The monoisotopic (exact) mass is 594 g/mol. The summed E-state index contributed by atoms with van der Waals surface area (Å²) >= 11 is 0. The number of aliphatic hydroxyl groups is 8. The predicted molar refractivity (Wildman–Crippen MR) is 137 cm³/mol. The first-order valence-corrected chi connectivity index (χ1v) is 12.9. The van der Waals surface area contributed by atoms with Crippen LogP contribution < -0.4 is 14.9 Å². The fourth-order valence-electron chi connectivity index (χ4n) is 4.74. The first-order chi connectivity index (χ1) is 20.0. The molecule has 0 amide bonds. The molecule has 5 rings (SSSR count). The van der Waals surface area contributed by atoms with E-state index in [1.54, 1.807) is 0 Å². The van der Waals surface area contributed by atoms with E-state index < -0.39 is 80.1 Å². The van der Waals surface area contributed by atoms with Gasteiger partial charge in [-0.25, -0.2) is 0 Å². The van der Waals surface area contributed by atoms with Crippen molar-refractivity contribution in [2.75, 3.05) is 13.2 Å². The summed E-state index contributed by atoms with van der Waals surface area (Å²) in [4.78, 5) is 12.6. The van der Waals surface area contributed by atoms with Crippen molar-refractivity contribution in [1.29, 1.82) is 0 Å². The molecule has 2 fully saturated rings. The topological polar surface area (TPSA) is 249 Å². The third kappa shape index (κ3) is 5.67. The number of fused-ring (bicyclic) bond motifs is 1. The molecule has 0 radical (unpaired) electrons. The normalized spacial score (nSPS) is 33.4. The fraction of sp³-hybridized carbons (Fsp3) is 0.444. The molecule has 10 atom stereocenters. The second-order valence-corrected chi connectivity index (χ2v) is 9.95. The van der Waals surface area contributed by atoms with E-state index in [2.05, 4.69) is 0 Å². The predicted octanol–water partition coefficient (Wildman–Crippen LogP) is -2.53. The Morgan fingerprint density at radius 3 is 1.71 bits per heavy atom. The molecular formula is C27H30O15. The second-order valence-electron chi connectivity index (χ2n) is 9.95. The molecule has 1 aliphatic carbocycles. The zero-order valence-electron chi connectivity index (χ0n) is 21.7. The molecule has 15 nitrogen and oxygen atoms in total. The number of hydrogen-bond acceptors (Lipinski definition) is 15. The Bertz CT molecular complexity index is 1390. The van der Waals surface area contributed by atoms with Crippen LogP contribution in [0.2, 0.25) is 0 Å². The Morgan fingerprint density at radius 2 is 1.19 bits per heavy atom. The second kappa shape index (κ2) is 12.1. The lowest BCUT2D eigenvalue weighted by atomic mass is 9.99. The zero-order chi connectivity index (χ0) is 30.3. The Kier molecular flexibility index (Phi) is 8.68. The maximum atomic E-state index is 12.6. The van der Waals surface area contributed by atoms with Gasteiger partial charge >= 0.3 is 0 Å².